The van der Waals surface area contributed by atoms with Crippen LogP contribution < -0.4 is 21.7 Å². The average Bonchev–Trinajstić information content (AvgIpc) is 3.44. The summed E-state index contributed by atoms with van der Waals surface area (Å²) in [5, 5.41) is 8.32. The van der Waals surface area contributed by atoms with Crippen molar-refractivity contribution in [1.29, 1.82) is 0 Å². The van der Waals surface area contributed by atoms with Crippen LogP contribution >= 0.6 is 11.6 Å². The third-order valence-electron chi connectivity index (χ3n) is 5.61. The number of halogens is 2. The molecule has 0 spiro atoms. The Hall–Kier alpha value is -3.50. The number of primary amides is 1. The fourth-order valence-electron chi connectivity index (χ4n) is 3.88. The van der Waals surface area contributed by atoms with Gasteiger partial charge in [-0.05, 0) is 42.3 Å². The molecular weight excluding hydrogens is 453 g/mol. The van der Waals surface area contributed by atoms with Crippen molar-refractivity contribution in [2.24, 2.45) is 10.7 Å². The summed E-state index contributed by atoms with van der Waals surface area (Å²) in [4.78, 5) is 42.1. The third kappa shape index (κ3) is 4.39. The highest BCUT2D eigenvalue weighted by molar-refractivity contribution is 6.34. The number of hydrogen-bond acceptors (Lipinski definition) is 6. The highest BCUT2D eigenvalue weighted by Crippen LogP contribution is 2.31. The summed E-state index contributed by atoms with van der Waals surface area (Å²) < 4.78 is 18.5. The van der Waals surface area contributed by atoms with E-state index in [4.69, 9.17) is 22.1 Å². The fourth-order valence-corrected chi connectivity index (χ4v) is 4.13. The molecule has 2 heterocycles. The number of carbonyl (C=O) groups excluding carboxylic acids is 3. The van der Waals surface area contributed by atoms with Crippen LogP contribution in [0.5, 0.6) is 0 Å². The molecule has 9 nitrogen and oxygen atoms in total. The molecule has 2 aliphatic heterocycles. The molecule has 3 unspecified atom stereocenters. The molecule has 1 saturated heterocycles. The van der Waals surface area contributed by atoms with E-state index in [2.05, 4.69) is 20.9 Å². The molecule has 0 aromatic heterocycles. The monoisotopic (exact) mass is 473 g/mol. The molecule has 5 N–H and O–H groups in total. The van der Waals surface area contributed by atoms with Crippen molar-refractivity contribution >= 4 is 41.3 Å². The normalized spacial score (nSPS) is 23.7. The second kappa shape index (κ2) is 9.16. The maximum Gasteiger partial charge on any atom is 0.257 e. The molecule has 33 heavy (non-hydrogen) atoms. The number of ether oxygens (including phenoxy) is 1. The Morgan fingerprint density at radius 1 is 1.21 bits per heavy atom. The molecular formula is C22H21ClFN5O4. The first-order chi connectivity index (χ1) is 15.8. The fraction of sp³-hybridized carbons (Fsp3) is 0.273. The molecule has 2 aromatic rings. The number of aliphatic imine (C=N–C) groups is 1. The molecule has 0 radical (unpaired) electrons. The zero-order valence-corrected chi connectivity index (χ0v) is 18.1. The van der Waals surface area contributed by atoms with Gasteiger partial charge >= 0.3 is 0 Å². The van der Waals surface area contributed by atoms with Crippen LogP contribution in [0.15, 0.2) is 47.5 Å². The zero-order chi connectivity index (χ0) is 23.6. The van der Waals surface area contributed by atoms with Gasteiger partial charge in [0.2, 0.25) is 5.91 Å². The molecule has 3 amide bonds. The van der Waals surface area contributed by atoms with Crippen molar-refractivity contribution in [3.63, 3.8) is 0 Å². The Labute approximate surface area is 193 Å². The first-order valence-electron chi connectivity index (χ1n) is 10.2. The maximum atomic E-state index is 13.2. The quantitative estimate of drug-likeness (QED) is 0.502. The van der Waals surface area contributed by atoms with Crippen molar-refractivity contribution in [1.82, 2.24) is 10.6 Å². The molecule has 2 aromatic carbocycles. The predicted molar refractivity (Wildman–Crippen MR) is 119 cm³/mol. The lowest BCUT2D eigenvalue weighted by Crippen LogP contribution is -2.60. The van der Waals surface area contributed by atoms with Gasteiger partial charge in [-0.3, -0.25) is 19.4 Å². The van der Waals surface area contributed by atoms with Gasteiger partial charge < -0.3 is 26.4 Å². The van der Waals surface area contributed by atoms with E-state index in [1.807, 2.05) is 0 Å². The number of carbonyl (C=O) groups is 3. The van der Waals surface area contributed by atoms with Gasteiger partial charge in [-0.2, -0.15) is 0 Å². The molecule has 2 aliphatic rings. The highest BCUT2D eigenvalue weighted by atomic mass is 35.5. The lowest BCUT2D eigenvalue weighted by molar-refractivity contribution is -0.132. The summed E-state index contributed by atoms with van der Waals surface area (Å²) in [7, 11) is 0. The van der Waals surface area contributed by atoms with Crippen LogP contribution in [0.2, 0.25) is 5.02 Å². The molecule has 4 rings (SSSR count). The molecule has 0 bridgehead atoms. The molecule has 172 valence electrons. The highest BCUT2D eigenvalue weighted by Gasteiger charge is 2.52. The van der Waals surface area contributed by atoms with E-state index in [1.165, 1.54) is 12.4 Å². The van der Waals surface area contributed by atoms with Crippen LogP contribution in [0, 0.1) is 5.82 Å². The summed E-state index contributed by atoms with van der Waals surface area (Å²) in [5.41, 5.74) is 5.03. The van der Waals surface area contributed by atoms with Gasteiger partial charge in [0.05, 0.1) is 29.6 Å². The predicted octanol–water partition coefficient (Wildman–Crippen LogP) is 1.32. The van der Waals surface area contributed by atoms with Crippen molar-refractivity contribution in [3.05, 3.63) is 64.4 Å². The van der Waals surface area contributed by atoms with E-state index in [-0.39, 0.29) is 16.6 Å². The van der Waals surface area contributed by atoms with Gasteiger partial charge in [-0.1, -0.05) is 23.7 Å². The third-order valence-corrected chi connectivity index (χ3v) is 5.93. The van der Waals surface area contributed by atoms with Crippen LogP contribution in [0.25, 0.3) is 0 Å². The van der Waals surface area contributed by atoms with Crippen molar-refractivity contribution in [3.8, 4) is 0 Å². The van der Waals surface area contributed by atoms with Gasteiger partial charge in [-0.15, -0.1) is 0 Å². The van der Waals surface area contributed by atoms with Crippen LogP contribution in [0.1, 0.15) is 22.3 Å². The largest absolute Gasteiger partial charge is 0.379 e. The Balaban J connectivity index is 1.54. The minimum atomic E-state index is -1.59. The van der Waals surface area contributed by atoms with Gasteiger partial charge in [0.15, 0.2) is 11.6 Å². The van der Waals surface area contributed by atoms with Crippen molar-refractivity contribution in [2.45, 2.75) is 24.0 Å². The van der Waals surface area contributed by atoms with Crippen LogP contribution in [-0.4, -0.2) is 49.4 Å². The number of anilines is 1. The van der Waals surface area contributed by atoms with E-state index >= 15 is 0 Å². The van der Waals surface area contributed by atoms with Crippen LogP contribution in [0.3, 0.4) is 0 Å². The molecule has 3 atom stereocenters. The minimum Gasteiger partial charge on any atom is -0.379 e. The summed E-state index contributed by atoms with van der Waals surface area (Å²) in [6.45, 7) is 0.944. The Morgan fingerprint density at radius 3 is 2.61 bits per heavy atom. The summed E-state index contributed by atoms with van der Waals surface area (Å²) >= 11 is 5.94. The zero-order valence-electron chi connectivity index (χ0n) is 17.3. The van der Waals surface area contributed by atoms with Crippen LogP contribution in [0.4, 0.5) is 10.1 Å². The van der Waals surface area contributed by atoms with Crippen molar-refractivity contribution < 1.29 is 23.5 Å². The number of nitrogens with two attached hydrogens (primary N) is 1. The smallest absolute Gasteiger partial charge is 0.257 e. The number of nitrogens with zero attached hydrogens (tertiary/aromatic N) is 1. The van der Waals surface area contributed by atoms with E-state index < -0.39 is 35.1 Å². The number of hydrogen-bond donors (Lipinski definition) is 4. The van der Waals surface area contributed by atoms with Crippen LogP contribution in [-0.2, 0) is 19.9 Å². The summed E-state index contributed by atoms with van der Waals surface area (Å²) in [5.74, 6) is -2.31. The maximum absolute atomic E-state index is 13.2. The number of nitrogens with one attached hydrogen (secondary N) is 3. The van der Waals surface area contributed by atoms with Gasteiger partial charge in [0.25, 0.3) is 11.8 Å². The van der Waals surface area contributed by atoms with E-state index in [0.29, 0.717) is 30.9 Å². The lowest BCUT2D eigenvalue weighted by atomic mass is 9.82. The standard InChI is InChI=1S/C22H21ClFN5O4/c23-17-9-13(24)3-6-16(17)19(30)28-14-4-1-12(2-5-14)22(21(25)32)18(26-11-27-22)20(31)29-15-7-8-33-10-15/h1-6,9,11,15,18H,7-8,10H2,(H2,25,32)(H,26,27)(H,28,30)(H,29,31). The molecule has 1 fully saturated rings. The topological polar surface area (TPSA) is 135 Å². The Morgan fingerprint density at radius 2 is 1.97 bits per heavy atom. The average molecular weight is 474 g/mol. The molecule has 0 saturated carbocycles. The summed E-state index contributed by atoms with van der Waals surface area (Å²) in [6, 6.07) is 8.41. The van der Waals surface area contributed by atoms with Gasteiger partial charge in [-0.25, -0.2) is 4.39 Å². The Bertz CT molecular complexity index is 1120. The summed E-state index contributed by atoms with van der Waals surface area (Å²) in [6.07, 6.45) is 1.96. The van der Waals surface area contributed by atoms with E-state index in [0.717, 1.165) is 12.1 Å². The number of amides is 3. The first-order valence-corrected chi connectivity index (χ1v) is 10.5. The number of rotatable bonds is 6. The molecule has 11 heteroatoms. The first kappa shape index (κ1) is 22.7. The van der Waals surface area contributed by atoms with Crippen molar-refractivity contribution in [2.75, 3.05) is 18.5 Å². The van der Waals surface area contributed by atoms with E-state index in [1.54, 1.807) is 24.3 Å². The Kier molecular flexibility index (Phi) is 6.30. The van der Waals surface area contributed by atoms with Gasteiger partial charge in [0, 0.05) is 12.3 Å². The minimum absolute atomic E-state index is 0.0226. The second-order valence-electron chi connectivity index (χ2n) is 7.72. The SMILES string of the molecule is NC(=O)C1(c2ccc(NC(=O)c3ccc(F)cc3Cl)cc2)NC=NC1C(=O)NC1CCOC1. The van der Waals surface area contributed by atoms with Gasteiger partial charge in [0.1, 0.15) is 5.82 Å². The molecule has 0 aliphatic carbocycles. The van der Waals surface area contributed by atoms with E-state index in [9.17, 15) is 18.8 Å². The number of benzene rings is 2. The second-order valence-corrected chi connectivity index (χ2v) is 8.13. The lowest BCUT2D eigenvalue weighted by Gasteiger charge is -2.31.